The first-order valence-corrected chi connectivity index (χ1v) is 12.4. The zero-order chi connectivity index (χ0) is 26.1. The van der Waals surface area contributed by atoms with E-state index in [0.717, 1.165) is 5.56 Å². The van der Waals surface area contributed by atoms with Crippen LogP contribution in [0.5, 0.6) is 0 Å². The number of halogens is 4. The minimum absolute atomic E-state index is 0.0838. The lowest BCUT2D eigenvalue weighted by molar-refractivity contribution is 0.0188. The summed E-state index contributed by atoms with van der Waals surface area (Å²) < 4.78 is 69.2. The van der Waals surface area contributed by atoms with E-state index in [9.17, 15) is 13.6 Å². The summed E-state index contributed by atoms with van der Waals surface area (Å²) >= 11 is 0. The van der Waals surface area contributed by atoms with Crippen molar-refractivity contribution in [3.05, 3.63) is 100 Å². The van der Waals surface area contributed by atoms with E-state index in [0.29, 0.717) is 43.4 Å². The molecule has 3 nitrogen and oxygen atoms in total. The monoisotopic (exact) mass is 510 g/mol. The van der Waals surface area contributed by atoms with Gasteiger partial charge in [0.2, 0.25) is 0 Å². The lowest BCUT2D eigenvalue weighted by Gasteiger charge is -2.29. The highest BCUT2D eigenvalue weighted by atomic mass is 19.2. The largest absolute Gasteiger partial charge is 0.459 e. The van der Waals surface area contributed by atoms with Crippen molar-refractivity contribution in [3.8, 4) is 11.1 Å². The molecule has 0 bridgehead atoms. The molecule has 1 atom stereocenters. The molecule has 1 aliphatic heterocycles. The molecule has 37 heavy (non-hydrogen) atoms. The van der Waals surface area contributed by atoms with E-state index in [2.05, 4.69) is 0 Å². The summed E-state index contributed by atoms with van der Waals surface area (Å²) in [6, 6.07) is 13.0. The van der Waals surface area contributed by atoms with Crippen LogP contribution in [-0.4, -0.2) is 18.7 Å². The molecule has 0 amide bonds. The standard InChI is InChI=1S/C30H26F4O3/c1-2-3-17-4-6-18(7-5-17)21-12-13-22(27(32)26(21)31)19-8-10-20(11-9-19)37-30(35)24-15-14-23(25-16-36-25)28(33)29(24)34/h2-7,12-15,19-20,25H,8-11,16H2,1H3/b3-2+. The quantitative estimate of drug-likeness (QED) is 0.192. The fourth-order valence-corrected chi connectivity index (χ4v) is 4.97. The van der Waals surface area contributed by atoms with Gasteiger partial charge >= 0.3 is 5.97 Å². The van der Waals surface area contributed by atoms with Crippen LogP contribution in [0.15, 0.2) is 54.6 Å². The average molecular weight is 511 g/mol. The maximum Gasteiger partial charge on any atom is 0.341 e. The normalized spacial score (nSPS) is 21.3. The van der Waals surface area contributed by atoms with E-state index in [1.807, 2.05) is 31.2 Å². The molecule has 2 fully saturated rings. The van der Waals surface area contributed by atoms with Gasteiger partial charge in [0.1, 0.15) is 12.2 Å². The molecule has 5 rings (SSSR count). The number of epoxide rings is 1. The molecular weight excluding hydrogens is 484 g/mol. The minimum atomic E-state index is -1.25. The fourth-order valence-electron chi connectivity index (χ4n) is 4.97. The number of carbonyl (C=O) groups excluding carboxylic acids is 1. The van der Waals surface area contributed by atoms with Crippen LogP contribution in [0.3, 0.4) is 0 Å². The molecule has 1 aliphatic carbocycles. The molecule has 0 aromatic heterocycles. The first kappa shape index (κ1) is 25.2. The van der Waals surface area contributed by atoms with Crippen molar-refractivity contribution in [2.24, 2.45) is 0 Å². The van der Waals surface area contributed by atoms with Crippen LogP contribution in [0.1, 0.15) is 71.7 Å². The second-order valence-corrected chi connectivity index (χ2v) is 9.48. The molecule has 3 aromatic carbocycles. The third kappa shape index (κ3) is 5.18. The molecule has 0 radical (unpaired) electrons. The number of carbonyl (C=O) groups is 1. The van der Waals surface area contributed by atoms with Crippen LogP contribution in [0.2, 0.25) is 0 Å². The molecule has 0 N–H and O–H groups in total. The Morgan fingerprint density at radius 3 is 2.14 bits per heavy atom. The molecule has 1 heterocycles. The Hall–Kier alpha value is -3.45. The lowest BCUT2D eigenvalue weighted by atomic mass is 9.82. The van der Waals surface area contributed by atoms with Crippen molar-refractivity contribution in [2.45, 2.75) is 50.7 Å². The predicted molar refractivity (Wildman–Crippen MR) is 132 cm³/mol. The van der Waals surface area contributed by atoms with Crippen LogP contribution in [0, 0.1) is 23.3 Å². The van der Waals surface area contributed by atoms with Gasteiger partial charge in [-0.2, -0.15) is 0 Å². The Kier molecular flexibility index (Phi) is 7.15. The number of hydrogen-bond acceptors (Lipinski definition) is 3. The number of esters is 1. The zero-order valence-electron chi connectivity index (χ0n) is 20.3. The van der Waals surface area contributed by atoms with Crippen molar-refractivity contribution >= 4 is 12.0 Å². The maximum atomic E-state index is 15.1. The summed E-state index contributed by atoms with van der Waals surface area (Å²) in [6.45, 7) is 2.23. The third-order valence-corrected chi connectivity index (χ3v) is 7.09. The molecule has 1 unspecified atom stereocenters. The Bertz CT molecular complexity index is 1340. The van der Waals surface area contributed by atoms with Crippen LogP contribution >= 0.6 is 0 Å². The Morgan fingerprint density at radius 2 is 1.49 bits per heavy atom. The Morgan fingerprint density at radius 1 is 0.838 bits per heavy atom. The topological polar surface area (TPSA) is 38.8 Å². The van der Waals surface area contributed by atoms with Gasteiger partial charge < -0.3 is 9.47 Å². The molecule has 2 aliphatic rings. The van der Waals surface area contributed by atoms with Gasteiger partial charge in [0, 0.05) is 11.1 Å². The summed E-state index contributed by atoms with van der Waals surface area (Å²) in [5, 5.41) is 0. The number of allylic oxidation sites excluding steroid dienone is 1. The SMILES string of the molecule is C/C=C/c1ccc(-c2ccc(C3CCC(OC(=O)c4ccc(C5CO5)c(F)c4F)CC3)c(F)c2F)cc1. The Labute approximate surface area is 212 Å². The van der Waals surface area contributed by atoms with Crippen LogP contribution < -0.4 is 0 Å². The number of benzene rings is 3. The van der Waals surface area contributed by atoms with Crippen molar-refractivity contribution in [1.29, 1.82) is 0 Å². The van der Waals surface area contributed by atoms with Crippen LogP contribution in [-0.2, 0) is 9.47 Å². The van der Waals surface area contributed by atoms with Gasteiger partial charge in [0.05, 0.1) is 12.2 Å². The fraction of sp³-hybridized carbons (Fsp3) is 0.300. The lowest BCUT2D eigenvalue weighted by Crippen LogP contribution is -2.25. The van der Waals surface area contributed by atoms with E-state index < -0.39 is 47.0 Å². The van der Waals surface area contributed by atoms with Gasteiger partial charge in [0.25, 0.3) is 0 Å². The molecule has 192 valence electrons. The minimum Gasteiger partial charge on any atom is -0.459 e. The second-order valence-electron chi connectivity index (χ2n) is 9.48. The van der Waals surface area contributed by atoms with Gasteiger partial charge in [0.15, 0.2) is 23.3 Å². The number of rotatable bonds is 6. The van der Waals surface area contributed by atoms with E-state index in [1.54, 1.807) is 24.3 Å². The summed E-state index contributed by atoms with van der Waals surface area (Å²) in [4.78, 5) is 12.5. The molecular formula is C30H26F4O3. The smallest absolute Gasteiger partial charge is 0.341 e. The van der Waals surface area contributed by atoms with E-state index in [1.165, 1.54) is 12.1 Å². The zero-order valence-corrected chi connectivity index (χ0v) is 20.3. The number of hydrogen-bond donors (Lipinski definition) is 0. The highest BCUT2D eigenvalue weighted by Crippen LogP contribution is 2.38. The summed E-state index contributed by atoms with van der Waals surface area (Å²) in [5.41, 5.74) is 1.67. The van der Waals surface area contributed by atoms with Crippen molar-refractivity contribution in [3.63, 3.8) is 0 Å². The molecule has 3 aromatic rings. The Balaban J connectivity index is 1.23. The van der Waals surface area contributed by atoms with E-state index in [4.69, 9.17) is 9.47 Å². The van der Waals surface area contributed by atoms with Crippen molar-refractivity contribution in [1.82, 2.24) is 0 Å². The maximum absolute atomic E-state index is 15.1. The van der Waals surface area contributed by atoms with Gasteiger partial charge in [-0.1, -0.05) is 54.6 Å². The van der Waals surface area contributed by atoms with E-state index in [-0.39, 0.29) is 17.0 Å². The molecule has 1 saturated carbocycles. The summed E-state index contributed by atoms with van der Waals surface area (Å²) in [5.74, 6) is -5.28. The molecule has 1 saturated heterocycles. The average Bonchev–Trinajstić information content (AvgIpc) is 3.74. The van der Waals surface area contributed by atoms with Crippen LogP contribution in [0.25, 0.3) is 17.2 Å². The third-order valence-electron chi connectivity index (χ3n) is 7.09. The van der Waals surface area contributed by atoms with E-state index >= 15 is 8.78 Å². The summed E-state index contributed by atoms with van der Waals surface area (Å²) in [6.07, 6.45) is 4.60. The second kappa shape index (κ2) is 10.5. The van der Waals surface area contributed by atoms with Crippen molar-refractivity contribution in [2.75, 3.05) is 6.61 Å². The highest BCUT2D eigenvalue weighted by molar-refractivity contribution is 5.90. The van der Waals surface area contributed by atoms with Gasteiger partial charge in [-0.15, -0.1) is 0 Å². The van der Waals surface area contributed by atoms with Crippen molar-refractivity contribution < 1.29 is 31.8 Å². The van der Waals surface area contributed by atoms with Gasteiger partial charge in [-0.05, 0) is 61.3 Å². The highest BCUT2D eigenvalue weighted by Gasteiger charge is 2.33. The number of ether oxygens (including phenoxy) is 2. The van der Waals surface area contributed by atoms with Crippen LogP contribution in [0.4, 0.5) is 17.6 Å². The predicted octanol–water partition coefficient (Wildman–Crippen LogP) is 7.90. The molecule has 7 heteroatoms. The summed E-state index contributed by atoms with van der Waals surface area (Å²) in [7, 11) is 0. The first-order valence-electron chi connectivity index (χ1n) is 12.4. The van der Waals surface area contributed by atoms with Gasteiger partial charge in [-0.3, -0.25) is 0 Å². The first-order chi connectivity index (χ1) is 17.9. The van der Waals surface area contributed by atoms with Gasteiger partial charge in [-0.25, -0.2) is 22.4 Å². The molecule has 0 spiro atoms.